The molecule has 0 spiro atoms. The highest BCUT2D eigenvalue weighted by Gasteiger charge is 2.56. The minimum absolute atomic E-state index is 0.00108. The summed E-state index contributed by atoms with van der Waals surface area (Å²) in [5, 5.41) is 10.8. The molecule has 2 aliphatic heterocycles. The van der Waals surface area contributed by atoms with Gasteiger partial charge in [0.15, 0.2) is 6.04 Å². The van der Waals surface area contributed by atoms with Crippen LogP contribution in [0.15, 0.2) is 59.6 Å². The van der Waals surface area contributed by atoms with Crippen molar-refractivity contribution in [2.45, 2.75) is 30.7 Å². The molecule has 0 aromatic heterocycles. The Morgan fingerprint density at radius 2 is 1.90 bits per heavy atom. The lowest BCUT2D eigenvalue weighted by Crippen LogP contribution is -2.66. The Balaban J connectivity index is 1.32. The molecule has 8 heteroatoms. The first kappa shape index (κ1) is 19.5. The fourth-order valence-corrected chi connectivity index (χ4v) is 4.56. The number of aliphatic hydroxyl groups is 1. The van der Waals surface area contributed by atoms with Crippen LogP contribution in [-0.4, -0.2) is 51.7 Å². The second-order valence-corrected chi connectivity index (χ2v) is 7.90. The largest absolute Gasteiger partial charge is 0.497 e. The summed E-state index contributed by atoms with van der Waals surface area (Å²) in [4.78, 5) is 30.2. The van der Waals surface area contributed by atoms with Crippen molar-refractivity contribution >= 4 is 28.7 Å². The van der Waals surface area contributed by atoms with Crippen LogP contribution in [0, 0.1) is 0 Å². The van der Waals surface area contributed by atoms with Crippen molar-refractivity contribution in [1.29, 1.82) is 0 Å². The molecule has 2 heterocycles. The van der Waals surface area contributed by atoms with Gasteiger partial charge in [-0.25, -0.2) is 4.79 Å². The molecule has 0 radical (unpaired) electrons. The van der Waals surface area contributed by atoms with Crippen molar-refractivity contribution < 1.29 is 24.2 Å². The molecule has 29 heavy (non-hydrogen) atoms. The van der Waals surface area contributed by atoms with E-state index in [-0.39, 0.29) is 17.9 Å². The maximum absolute atomic E-state index is 12.4. The van der Waals surface area contributed by atoms with Gasteiger partial charge in [0.2, 0.25) is 6.23 Å². The van der Waals surface area contributed by atoms with Gasteiger partial charge in [-0.2, -0.15) is 0 Å². The molecule has 4 rings (SSSR count). The molecular formula is C21H20N2O5S. The van der Waals surface area contributed by atoms with Crippen LogP contribution in [0.5, 0.6) is 5.75 Å². The number of thioether (sulfide) groups is 1. The van der Waals surface area contributed by atoms with Gasteiger partial charge in [0.1, 0.15) is 17.7 Å². The number of aliphatic imine (C=N–C) groups is 1. The molecule has 0 saturated carbocycles. The van der Waals surface area contributed by atoms with Crippen LogP contribution < -0.4 is 4.74 Å². The number of ether oxygens (including phenoxy) is 2. The zero-order valence-electron chi connectivity index (χ0n) is 15.7. The minimum Gasteiger partial charge on any atom is -0.497 e. The van der Waals surface area contributed by atoms with E-state index in [9.17, 15) is 14.7 Å². The predicted molar refractivity (Wildman–Crippen MR) is 108 cm³/mol. The van der Waals surface area contributed by atoms with Gasteiger partial charge in [0.05, 0.1) is 12.2 Å². The van der Waals surface area contributed by atoms with Crippen LogP contribution >= 0.6 is 11.8 Å². The summed E-state index contributed by atoms with van der Waals surface area (Å²) in [6.07, 6.45) is -1.02. The lowest BCUT2D eigenvalue weighted by atomic mass is 10.1. The topological polar surface area (TPSA) is 88.4 Å². The molecule has 1 saturated heterocycles. The predicted octanol–water partition coefficient (Wildman–Crippen LogP) is 1.98. The smallest absolute Gasteiger partial charge is 0.356 e. The molecule has 0 aliphatic carbocycles. The van der Waals surface area contributed by atoms with Crippen molar-refractivity contribution in [3.63, 3.8) is 0 Å². The summed E-state index contributed by atoms with van der Waals surface area (Å²) in [5.41, 5.74) is 1.85. The van der Waals surface area contributed by atoms with Crippen LogP contribution in [0.25, 0.3) is 0 Å². The molecule has 2 aromatic carbocycles. The Bertz CT molecular complexity index is 932. The molecule has 7 nitrogen and oxygen atoms in total. The number of fused-ring (bicyclic) bond motifs is 1. The van der Waals surface area contributed by atoms with Gasteiger partial charge in [-0.15, -0.1) is 0 Å². The fourth-order valence-electron chi connectivity index (χ4n) is 3.22. The number of hydrogen-bond donors (Lipinski definition) is 1. The third-order valence-electron chi connectivity index (χ3n) is 4.80. The fraction of sp³-hybridized carbons (Fsp3) is 0.286. The van der Waals surface area contributed by atoms with Gasteiger partial charge in [-0.1, -0.05) is 54.2 Å². The van der Waals surface area contributed by atoms with Crippen LogP contribution in [0.3, 0.4) is 0 Å². The molecule has 0 unspecified atom stereocenters. The van der Waals surface area contributed by atoms with Gasteiger partial charge < -0.3 is 14.6 Å². The number of esters is 1. The summed E-state index contributed by atoms with van der Waals surface area (Å²) < 4.78 is 10.2. The van der Waals surface area contributed by atoms with Crippen LogP contribution in [0.4, 0.5) is 0 Å². The normalized spacial score (nSPS) is 21.1. The van der Waals surface area contributed by atoms with E-state index in [0.717, 1.165) is 21.1 Å². The van der Waals surface area contributed by atoms with E-state index in [1.54, 1.807) is 31.4 Å². The molecular weight excluding hydrogens is 392 g/mol. The van der Waals surface area contributed by atoms with Crippen molar-refractivity contribution in [2.75, 3.05) is 7.11 Å². The number of carbonyl (C=O) groups excluding carboxylic acids is 2. The third kappa shape index (κ3) is 3.99. The highest BCUT2D eigenvalue weighted by atomic mass is 32.2. The number of aliphatic hydroxyl groups excluding tert-OH is 1. The van der Waals surface area contributed by atoms with Crippen molar-refractivity contribution in [3.05, 3.63) is 65.7 Å². The number of β-lactam (4-membered cyclic amide) rings is 1. The summed E-state index contributed by atoms with van der Waals surface area (Å²) in [7, 11) is 1.57. The van der Waals surface area contributed by atoms with E-state index in [4.69, 9.17) is 9.47 Å². The molecule has 3 atom stereocenters. The molecule has 0 bridgehead atoms. The van der Waals surface area contributed by atoms with Gasteiger partial charge in [0.25, 0.3) is 5.91 Å². The zero-order valence-corrected chi connectivity index (χ0v) is 16.5. The van der Waals surface area contributed by atoms with Gasteiger partial charge >= 0.3 is 5.97 Å². The number of amides is 1. The Morgan fingerprint density at radius 3 is 2.59 bits per heavy atom. The Hall–Kier alpha value is -2.84. The van der Waals surface area contributed by atoms with Gasteiger partial charge in [0, 0.05) is 6.42 Å². The lowest BCUT2D eigenvalue weighted by Gasteiger charge is -2.42. The summed E-state index contributed by atoms with van der Waals surface area (Å²) in [6, 6.07) is 16.3. The number of hydrogen-bond acceptors (Lipinski definition) is 7. The Morgan fingerprint density at radius 1 is 1.17 bits per heavy atom. The molecule has 1 fully saturated rings. The van der Waals surface area contributed by atoms with Gasteiger partial charge in [-0.05, 0) is 23.3 Å². The van der Waals surface area contributed by atoms with Crippen LogP contribution in [-0.2, 0) is 27.4 Å². The first-order chi connectivity index (χ1) is 14.1. The molecule has 2 aromatic rings. The van der Waals surface area contributed by atoms with Crippen molar-refractivity contribution in [2.24, 2.45) is 4.99 Å². The van der Waals surface area contributed by atoms with E-state index in [1.807, 2.05) is 30.3 Å². The summed E-state index contributed by atoms with van der Waals surface area (Å²) in [5.74, 6) is -0.522. The number of likely N-dealkylation sites (tertiary alicyclic amines) is 1. The second kappa shape index (κ2) is 8.26. The average Bonchev–Trinajstić information content (AvgIpc) is 3.11. The highest BCUT2D eigenvalue weighted by molar-refractivity contribution is 8.14. The van der Waals surface area contributed by atoms with Crippen molar-refractivity contribution in [1.82, 2.24) is 4.90 Å². The number of methoxy groups -OCH3 is 1. The minimum atomic E-state index is -1.64. The van der Waals surface area contributed by atoms with E-state index < -0.39 is 18.2 Å². The van der Waals surface area contributed by atoms with Crippen molar-refractivity contribution in [3.8, 4) is 5.75 Å². The van der Waals surface area contributed by atoms with E-state index in [0.29, 0.717) is 12.2 Å². The van der Waals surface area contributed by atoms with Crippen LogP contribution in [0.1, 0.15) is 11.1 Å². The standard InChI is InChI=1S/C21H20N2O5S/c1-27-15-9-7-14(8-10-15)12-28-21(26)19(25)23-18(24)17-20(23)29-16(22-17)11-13-5-3-2-4-6-13/h2-10,17,19-20,25H,11-12H2,1H3/t17-,19+,20-/m1/s1. The average molecular weight is 412 g/mol. The SMILES string of the molecule is COc1ccc(COC(=O)[C@H](O)N2C(=O)[C@H]3N=C(Cc4ccccc4)S[C@H]32)cc1. The number of benzene rings is 2. The van der Waals surface area contributed by atoms with E-state index in [2.05, 4.69) is 4.99 Å². The number of carbonyl (C=O) groups is 2. The second-order valence-electron chi connectivity index (χ2n) is 6.71. The first-order valence-corrected chi connectivity index (χ1v) is 10.0. The third-order valence-corrected chi connectivity index (χ3v) is 6.05. The molecule has 1 N–H and O–H groups in total. The Kier molecular flexibility index (Phi) is 5.55. The van der Waals surface area contributed by atoms with E-state index >= 15 is 0 Å². The highest BCUT2D eigenvalue weighted by Crippen LogP contribution is 2.40. The first-order valence-electron chi connectivity index (χ1n) is 9.14. The van der Waals surface area contributed by atoms with Gasteiger partial charge in [-0.3, -0.25) is 14.7 Å². The number of rotatable bonds is 7. The Labute approximate surface area is 172 Å². The number of nitrogens with zero attached hydrogens (tertiary/aromatic N) is 2. The summed E-state index contributed by atoms with van der Waals surface area (Å²) >= 11 is 1.40. The maximum atomic E-state index is 12.4. The van der Waals surface area contributed by atoms with Crippen LogP contribution in [0.2, 0.25) is 0 Å². The molecule has 150 valence electrons. The maximum Gasteiger partial charge on any atom is 0.356 e. The quantitative estimate of drug-likeness (QED) is 0.553. The monoisotopic (exact) mass is 412 g/mol. The zero-order chi connectivity index (χ0) is 20.4. The van der Waals surface area contributed by atoms with E-state index in [1.165, 1.54) is 11.8 Å². The summed E-state index contributed by atoms with van der Waals surface area (Å²) in [6.45, 7) is -0.00108. The molecule has 2 aliphatic rings. The lowest BCUT2D eigenvalue weighted by molar-refractivity contribution is -0.181. The molecule has 1 amide bonds.